The highest BCUT2D eigenvalue weighted by Crippen LogP contribution is 2.33. The van der Waals surface area contributed by atoms with E-state index in [2.05, 4.69) is 42.2 Å². The number of rotatable bonds is 5. The molecule has 0 bridgehead atoms. The van der Waals surface area contributed by atoms with Crippen LogP contribution in [-0.4, -0.2) is 39.2 Å². The molecule has 0 radical (unpaired) electrons. The molecule has 1 aliphatic heterocycles. The van der Waals surface area contributed by atoms with E-state index in [9.17, 15) is 4.79 Å². The number of hydrogen-bond acceptors (Lipinski definition) is 4. The smallest absolute Gasteiger partial charge is 0.243 e. The molecule has 1 aliphatic rings. The Balaban J connectivity index is 1.59. The van der Waals surface area contributed by atoms with Crippen LogP contribution in [0, 0.1) is 18.6 Å². The van der Waals surface area contributed by atoms with Gasteiger partial charge in [0.2, 0.25) is 5.91 Å². The maximum absolute atomic E-state index is 13.3. The lowest BCUT2D eigenvalue weighted by atomic mass is 9.99. The van der Waals surface area contributed by atoms with Crippen molar-refractivity contribution in [2.24, 2.45) is 0 Å². The number of nitrogens with one attached hydrogen (secondary N) is 1. The largest absolute Gasteiger partial charge is 0.497 e. The number of amides is 1. The van der Waals surface area contributed by atoms with Crippen molar-refractivity contribution in [2.75, 3.05) is 13.7 Å². The molecule has 1 aromatic heterocycles. The van der Waals surface area contributed by atoms with E-state index in [0.29, 0.717) is 10.6 Å². The van der Waals surface area contributed by atoms with Gasteiger partial charge in [-0.3, -0.25) is 14.5 Å². The highest BCUT2D eigenvalue weighted by Gasteiger charge is 2.30. The Hall–Kier alpha value is -2.93. The van der Waals surface area contributed by atoms with Gasteiger partial charge in [0.25, 0.3) is 0 Å². The number of H-pyrrole nitrogens is 1. The quantitative estimate of drug-likeness (QED) is 0.611. The molecule has 1 fully saturated rings. The van der Waals surface area contributed by atoms with E-state index in [1.165, 1.54) is 16.7 Å². The fourth-order valence-electron chi connectivity index (χ4n) is 4.26. The molecule has 6 nitrogen and oxygen atoms in total. The Kier molecular flexibility index (Phi) is 5.72. The number of methoxy groups -OCH3 is 1. The first-order valence-corrected chi connectivity index (χ1v) is 10.5. The minimum absolute atomic E-state index is 0.0592. The Morgan fingerprint density at radius 3 is 2.57 bits per heavy atom. The summed E-state index contributed by atoms with van der Waals surface area (Å²) in [5.74, 6) is 1.48. The average Bonchev–Trinajstić information content (AvgIpc) is 3.35. The third-order valence-corrected chi connectivity index (χ3v) is 5.91. The zero-order valence-corrected chi connectivity index (χ0v) is 18.3. The van der Waals surface area contributed by atoms with Gasteiger partial charge in [-0.1, -0.05) is 29.3 Å². The minimum Gasteiger partial charge on any atom is -0.497 e. The standard InChI is InChI=1S/C23H26N4O2S/c1-15-11-16(2)13-18(12-15)20-5-4-10-26(20)21(28)14-27-22(24-25-23(27)30)17-6-8-19(29-3)9-7-17/h6-9,11-13,20H,4-5,10,14H2,1-3H3,(H,25,30). The summed E-state index contributed by atoms with van der Waals surface area (Å²) in [5, 5.41) is 7.19. The maximum Gasteiger partial charge on any atom is 0.243 e. The van der Waals surface area contributed by atoms with Crippen molar-refractivity contribution >= 4 is 18.1 Å². The molecule has 1 atom stereocenters. The van der Waals surface area contributed by atoms with Crippen LogP contribution in [0.5, 0.6) is 5.75 Å². The molecule has 156 valence electrons. The van der Waals surface area contributed by atoms with Gasteiger partial charge in [0.15, 0.2) is 10.6 Å². The van der Waals surface area contributed by atoms with Crippen molar-refractivity contribution in [3.63, 3.8) is 0 Å². The second-order valence-corrected chi connectivity index (χ2v) is 8.22. The molecule has 4 rings (SSSR count). The number of carbonyl (C=O) groups excluding carboxylic acids is 1. The molecule has 1 amide bonds. The summed E-state index contributed by atoms with van der Waals surface area (Å²) in [5.41, 5.74) is 4.54. The van der Waals surface area contributed by atoms with Crippen LogP contribution in [0.1, 0.15) is 35.6 Å². The van der Waals surface area contributed by atoms with Gasteiger partial charge in [0.05, 0.1) is 13.2 Å². The van der Waals surface area contributed by atoms with Crippen LogP contribution >= 0.6 is 12.2 Å². The number of aromatic nitrogens is 3. The Bertz CT molecular complexity index is 1100. The van der Waals surface area contributed by atoms with E-state index in [1.807, 2.05) is 29.2 Å². The number of nitrogens with zero attached hydrogens (tertiary/aromatic N) is 3. The number of aryl methyl sites for hydroxylation is 2. The van der Waals surface area contributed by atoms with E-state index in [4.69, 9.17) is 17.0 Å². The lowest BCUT2D eigenvalue weighted by Crippen LogP contribution is -2.33. The lowest BCUT2D eigenvalue weighted by Gasteiger charge is -2.26. The lowest BCUT2D eigenvalue weighted by molar-refractivity contribution is -0.132. The van der Waals surface area contributed by atoms with Crippen LogP contribution in [0.2, 0.25) is 0 Å². The fourth-order valence-corrected chi connectivity index (χ4v) is 4.46. The van der Waals surface area contributed by atoms with Gasteiger partial charge in [0.1, 0.15) is 12.3 Å². The van der Waals surface area contributed by atoms with Crippen LogP contribution in [0.25, 0.3) is 11.4 Å². The van der Waals surface area contributed by atoms with Crippen LogP contribution in [0.15, 0.2) is 42.5 Å². The normalized spacial score (nSPS) is 16.1. The van der Waals surface area contributed by atoms with Gasteiger partial charge >= 0.3 is 0 Å². The van der Waals surface area contributed by atoms with Crippen molar-refractivity contribution < 1.29 is 9.53 Å². The van der Waals surface area contributed by atoms with Gasteiger partial charge in [-0.15, -0.1) is 0 Å². The zero-order chi connectivity index (χ0) is 21.3. The second-order valence-electron chi connectivity index (χ2n) is 7.83. The van der Waals surface area contributed by atoms with Gasteiger partial charge < -0.3 is 9.64 Å². The molecule has 1 N–H and O–H groups in total. The number of ether oxygens (including phenoxy) is 1. The molecule has 2 aromatic carbocycles. The van der Waals surface area contributed by atoms with Crippen LogP contribution in [0.3, 0.4) is 0 Å². The molecule has 0 saturated carbocycles. The summed E-state index contributed by atoms with van der Waals surface area (Å²) >= 11 is 5.42. The first-order valence-electron chi connectivity index (χ1n) is 10.1. The molecule has 2 heterocycles. The van der Waals surface area contributed by atoms with Gasteiger partial charge in [-0.25, -0.2) is 0 Å². The minimum atomic E-state index is 0.0592. The Labute approximate surface area is 181 Å². The Morgan fingerprint density at radius 1 is 1.20 bits per heavy atom. The van der Waals surface area contributed by atoms with E-state index in [0.717, 1.165) is 30.7 Å². The van der Waals surface area contributed by atoms with E-state index in [-0.39, 0.29) is 18.5 Å². The maximum atomic E-state index is 13.3. The molecular formula is C23H26N4O2S. The summed E-state index contributed by atoms with van der Waals surface area (Å²) in [4.78, 5) is 15.3. The van der Waals surface area contributed by atoms with Crippen molar-refractivity contribution in [2.45, 2.75) is 39.3 Å². The van der Waals surface area contributed by atoms with Gasteiger partial charge in [-0.2, -0.15) is 5.10 Å². The highest BCUT2D eigenvalue weighted by molar-refractivity contribution is 7.71. The molecular weight excluding hydrogens is 396 g/mol. The monoisotopic (exact) mass is 422 g/mol. The van der Waals surface area contributed by atoms with Crippen LogP contribution in [0.4, 0.5) is 0 Å². The summed E-state index contributed by atoms with van der Waals surface area (Å²) in [6, 6.07) is 14.2. The number of benzene rings is 2. The molecule has 3 aromatic rings. The van der Waals surface area contributed by atoms with Crippen LogP contribution in [-0.2, 0) is 11.3 Å². The summed E-state index contributed by atoms with van der Waals surface area (Å²) < 4.78 is 7.44. The molecule has 1 unspecified atom stereocenters. The molecule has 7 heteroatoms. The first-order chi connectivity index (χ1) is 14.5. The second kappa shape index (κ2) is 8.44. The number of likely N-dealkylation sites (tertiary alicyclic amines) is 1. The zero-order valence-electron chi connectivity index (χ0n) is 17.5. The first kappa shape index (κ1) is 20.3. The molecule has 1 saturated heterocycles. The third kappa shape index (κ3) is 4.03. The predicted molar refractivity (Wildman–Crippen MR) is 119 cm³/mol. The van der Waals surface area contributed by atoms with Crippen molar-refractivity contribution in [1.82, 2.24) is 19.7 Å². The van der Waals surface area contributed by atoms with Crippen LogP contribution < -0.4 is 4.74 Å². The van der Waals surface area contributed by atoms with E-state index >= 15 is 0 Å². The summed E-state index contributed by atoms with van der Waals surface area (Å²) in [6.45, 7) is 5.13. The molecule has 0 spiro atoms. The van der Waals surface area contributed by atoms with Crippen molar-refractivity contribution in [3.8, 4) is 17.1 Å². The van der Waals surface area contributed by atoms with E-state index < -0.39 is 0 Å². The van der Waals surface area contributed by atoms with Gasteiger partial charge in [0, 0.05) is 12.1 Å². The fraction of sp³-hybridized carbons (Fsp3) is 0.348. The van der Waals surface area contributed by atoms with E-state index in [1.54, 1.807) is 11.7 Å². The molecule has 30 heavy (non-hydrogen) atoms. The SMILES string of the molecule is COc1ccc(-c2n[nH]c(=S)n2CC(=O)N2CCCC2c2cc(C)cc(C)c2)cc1. The summed E-state index contributed by atoms with van der Waals surface area (Å²) in [7, 11) is 1.63. The Morgan fingerprint density at radius 2 is 1.90 bits per heavy atom. The van der Waals surface area contributed by atoms with Crippen molar-refractivity contribution in [1.29, 1.82) is 0 Å². The highest BCUT2D eigenvalue weighted by atomic mass is 32.1. The predicted octanol–water partition coefficient (Wildman–Crippen LogP) is 4.60. The third-order valence-electron chi connectivity index (χ3n) is 5.60. The number of hydrogen-bond donors (Lipinski definition) is 1. The topological polar surface area (TPSA) is 63.1 Å². The average molecular weight is 423 g/mol. The summed E-state index contributed by atoms with van der Waals surface area (Å²) in [6.07, 6.45) is 1.99. The number of aromatic amines is 1. The van der Waals surface area contributed by atoms with Crippen molar-refractivity contribution in [3.05, 3.63) is 63.9 Å². The van der Waals surface area contributed by atoms with Gasteiger partial charge in [-0.05, 0) is 68.7 Å². The molecule has 0 aliphatic carbocycles. The number of carbonyl (C=O) groups is 1.